The Kier molecular flexibility index (Phi) is 12.1. The van der Waals surface area contributed by atoms with Gasteiger partial charge in [-0.15, -0.1) is 0 Å². The zero-order valence-corrected chi connectivity index (χ0v) is 23.2. The Morgan fingerprint density at radius 1 is 0.829 bits per heavy atom. The van der Waals surface area contributed by atoms with Crippen molar-refractivity contribution in [3.8, 4) is 0 Å². The van der Waals surface area contributed by atoms with E-state index in [4.69, 9.17) is 17.7 Å². The van der Waals surface area contributed by atoms with Crippen molar-refractivity contribution in [2.45, 2.75) is 103 Å². The number of likely N-dealkylation sites (tertiary alicyclic amines) is 1. The van der Waals surface area contributed by atoms with Crippen molar-refractivity contribution in [1.29, 1.82) is 0 Å². The van der Waals surface area contributed by atoms with E-state index in [0.717, 1.165) is 30.3 Å². The molecule has 2 bridgehead atoms. The van der Waals surface area contributed by atoms with Crippen LogP contribution in [-0.4, -0.2) is 86.4 Å². The van der Waals surface area contributed by atoms with Gasteiger partial charge in [0.2, 0.25) is 11.8 Å². The van der Waals surface area contributed by atoms with Gasteiger partial charge in [-0.3, -0.25) is 14.5 Å². The summed E-state index contributed by atoms with van der Waals surface area (Å²) in [7, 11) is 0.647. The van der Waals surface area contributed by atoms with Gasteiger partial charge in [0.15, 0.2) is 0 Å². The third-order valence-electron chi connectivity index (χ3n) is 7.64. The predicted molar refractivity (Wildman–Crippen MR) is 136 cm³/mol. The lowest BCUT2D eigenvalue weighted by Crippen LogP contribution is -2.43. The summed E-state index contributed by atoms with van der Waals surface area (Å²) in [6.07, 6.45) is 17.1. The Balaban J connectivity index is 0.000000784. The Morgan fingerprint density at radius 3 is 1.69 bits per heavy atom. The molecule has 4 atom stereocenters. The number of rotatable bonds is 15. The van der Waals surface area contributed by atoms with Crippen molar-refractivity contribution in [2.24, 2.45) is 11.8 Å². The first kappa shape index (κ1) is 30.2. The van der Waals surface area contributed by atoms with Crippen LogP contribution in [-0.2, 0) is 24.4 Å². The van der Waals surface area contributed by atoms with Gasteiger partial charge in [-0.2, -0.15) is 0 Å². The zero-order chi connectivity index (χ0) is 26.1. The lowest BCUT2D eigenvalue weighted by Gasteiger charge is -2.30. The van der Waals surface area contributed by atoms with Gasteiger partial charge in [0.25, 0.3) is 0 Å². The molecule has 0 N–H and O–H groups in total. The minimum Gasteiger partial charge on any atom is -0.748 e. The maximum atomic E-state index is 12.7. The van der Waals surface area contributed by atoms with Crippen LogP contribution in [0.15, 0.2) is 0 Å². The molecule has 35 heavy (non-hydrogen) atoms. The first-order valence-corrected chi connectivity index (χ1v) is 15.5. The summed E-state index contributed by atoms with van der Waals surface area (Å²) in [5.74, 6) is -0.273. The number of hydrogen-bond donors (Lipinski definition) is 0. The second kappa shape index (κ2) is 14.1. The molecule has 0 unspecified atom stereocenters. The van der Waals surface area contributed by atoms with Gasteiger partial charge < -0.3 is 13.8 Å². The van der Waals surface area contributed by atoms with Crippen LogP contribution in [0, 0.1) is 11.8 Å². The first-order valence-electron chi connectivity index (χ1n) is 13.7. The molecule has 0 aromatic heterocycles. The highest BCUT2D eigenvalue weighted by Gasteiger charge is 2.62. The highest BCUT2D eigenvalue weighted by atomic mass is 32.2. The molecule has 0 spiro atoms. The molecule has 8 nitrogen and oxygen atoms in total. The van der Waals surface area contributed by atoms with E-state index < -0.39 is 10.1 Å². The summed E-state index contributed by atoms with van der Waals surface area (Å²) >= 11 is 0. The predicted octanol–water partition coefficient (Wildman–Crippen LogP) is 3.70. The Hall–Kier alpha value is -1.03. The van der Waals surface area contributed by atoms with Gasteiger partial charge in [-0.05, 0) is 25.7 Å². The molecule has 3 saturated heterocycles. The van der Waals surface area contributed by atoms with Crippen molar-refractivity contribution < 1.29 is 31.8 Å². The number of amides is 2. The maximum Gasteiger partial charge on any atom is 0.235 e. The van der Waals surface area contributed by atoms with E-state index in [1.165, 1.54) is 70.8 Å². The monoisotopic (exact) mass is 516 g/mol. The molecule has 0 aliphatic carbocycles. The quantitative estimate of drug-likeness (QED) is 0.142. The number of ether oxygens (including phenoxy) is 1. The number of carbonyl (C=O) groups is 2. The molecule has 3 heterocycles. The van der Waals surface area contributed by atoms with Gasteiger partial charge >= 0.3 is 0 Å². The summed E-state index contributed by atoms with van der Waals surface area (Å²) in [4.78, 5) is 27.0. The third-order valence-corrected chi connectivity index (χ3v) is 7.64. The van der Waals surface area contributed by atoms with Crippen molar-refractivity contribution in [3.05, 3.63) is 0 Å². The molecule has 2 amide bonds. The van der Waals surface area contributed by atoms with E-state index in [0.29, 0.717) is 12.8 Å². The van der Waals surface area contributed by atoms with E-state index in [-0.39, 0.29) is 35.9 Å². The van der Waals surface area contributed by atoms with Crippen molar-refractivity contribution in [2.75, 3.05) is 40.0 Å². The zero-order valence-electron chi connectivity index (χ0n) is 22.4. The molecule has 9 heteroatoms. The molecule has 204 valence electrons. The van der Waals surface area contributed by atoms with Crippen LogP contribution >= 0.6 is 0 Å². The number of quaternary nitrogens is 1. The number of unbranched alkanes of at least 4 members (excludes halogenated alkanes) is 9. The van der Waals surface area contributed by atoms with Crippen LogP contribution in [0.25, 0.3) is 0 Å². The number of carbonyl (C=O) groups excluding carboxylic acids is 2. The normalized spacial score (nSPS) is 25.7. The molecule has 0 aromatic rings. The summed E-state index contributed by atoms with van der Waals surface area (Å²) in [6.45, 7) is 5.06. The van der Waals surface area contributed by atoms with Crippen molar-refractivity contribution in [3.63, 3.8) is 0 Å². The standard InChI is InChI=1S/C25H45N2O3.CH4O3S/c1-4-5-6-7-8-9-10-11-12-13-18-27(2,3)19-14-17-26-24(28)22-20-15-16-21(30-20)23(22)25(26)29;1-5(2,3)4/h20-23H,4-19H2,1-3H3;1H3,(H,2,3,4)/q+1;/p-1/t20-,21+,22-,23+;. The molecule has 0 saturated carbocycles. The smallest absolute Gasteiger partial charge is 0.235 e. The van der Waals surface area contributed by atoms with E-state index in [1.54, 1.807) is 4.90 Å². The first-order chi connectivity index (χ1) is 16.4. The van der Waals surface area contributed by atoms with Crippen LogP contribution in [0.5, 0.6) is 0 Å². The Labute approximate surface area is 213 Å². The lowest BCUT2D eigenvalue weighted by atomic mass is 9.81. The molecular formula is C26H48N2O6S. The SMILES string of the molecule is CCCCCCCCCCCC[N+](C)(C)CCCN1C(=O)[C@@H]2[C@H](C1=O)[C@H]1CC[C@@H]2O1.CS(=O)(=O)[O-]. The minimum absolute atomic E-state index is 0.00464. The lowest BCUT2D eigenvalue weighted by molar-refractivity contribution is -0.890. The van der Waals surface area contributed by atoms with Crippen LogP contribution in [0.2, 0.25) is 0 Å². The number of fused-ring (bicyclic) bond motifs is 5. The summed E-state index contributed by atoms with van der Waals surface area (Å²) in [5, 5.41) is 0. The van der Waals surface area contributed by atoms with Gasteiger partial charge in [-0.1, -0.05) is 58.3 Å². The van der Waals surface area contributed by atoms with Crippen LogP contribution in [0.1, 0.15) is 90.4 Å². The van der Waals surface area contributed by atoms with Gasteiger partial charge in [0.05, 0.1) is 61.3 Å². The van der Waals surface area contributed by atoms with E-state index in [9.17, 15) is 9.59 Å². The number of imide groups is 1. The molecule has 3 fully saturated rings. The highest BCUT2D eigenvalue weighted by molar-refractivity contribution is 7.84. The Morgan fingerprint density at radius 2 is 1.23 bits per heavy atom. The fraction of sp³-hybridized carbons (Fsp3) is 0.923. The molecule has 0 radical (unpaired) electrons. The minimum atomic E-state index is -3.92. The fourth-order valence-electron chi connectivity index (χ4n) is 5.79. The average Bonchev–Trinajstić information content (AvgIpc) is 3.43. The summed E-state index contributed by atoms with van der Waals surface area (Å²) in [5.41, 5.74) is 0. The van der Waals surface area contributed by atoms with E-state index >= 15 is 0 Å². The van der Waals surface area contributed by atoms with Crippen molar-refractivity contribution in [1.82, 2.24) is 4.90 Å². The van der Waals surface area contributed by atoms with Gasteiger partial charge in [-0.25, -0.2) is 8.42 Å². The van der Waals surface area contributed by atoms with E-state index in [1.807, 2.05) is 0 Å². The topological polar surface area (TPSA) is 104 Å². The fourth-order valence-corrected chi connectivity index (χ4v) is 5.79. The van der Waals surface area contributed by atoms with Gasteiger partial charge in [0.1, 0.15) is 0 Å². The number of hydrogen-bond acceptors (Lipinski definition) is 6. The highest BCUT2D eigenvalue weighted by Crippen LogP contribution is 2.48. The molecular weight excluding hydrogens is 468 g/mol. The largest absolute Gasteiger partial charge is 0.748 e. The number of nitrogens with zero attached hydrogens (tertiary/aromatic N) is 2. The molecule has 0 aromatic carbocycles. The van der Waals surface area contributed by atoms with Crippen molar-refractivity contribution >= 4 is 21.9 Å². The summed E-state index contributed by atoms with van der Waals surface area (Å²) in [6, 6.07) is 0. The molecule has 3 rings (SSSR count). The van der Waals surface area contributed by atoms with Crippen LogP contribution in [0.4, 0.5) is 0 Å². The second-order valence-corrected chi connectivity index (χ2v) is 12.7. The van der Waals surface area contributed by atoms with Crippen LogP contribution < -0.4 is 0 Å². The molecule has 3 aliphatic rings. The van der Waals surface area contributed by atoms with Gasteiger partial charge in [0, 0.05) is 19.2 Å². The van der Waals surface area contributed by atoms with Crippen LogP contribution in [0.3, 0.4) is 0 Å². The summed E-state index contributed by atoms with van der Waals surface area (Å²) < 4.78 is 34.0. The second-order valence-electron chi connectivity index (χ2n) is 11.3. The van der Waals surface area contributed by atoms with E-state index in [2.05, 4.69) is 21.0 Å². The molecule has 3 aliphatic heterocycles. The maximum absolute atomic E-state index is 12.7. The Bertz CT molecular complexity index is 749. The average molecular weight is 517 g/mol. The third kappa shape index (κ3) is 10.1.